The molecule has 0 spiro atoms. The van der Waals surface area contributed by atoms with Crippen LogP contribution in [0.4, 0.5) is 10.5 Å². The largest absolute Gasteiger partial charge is 0.459 e. The summed E-state index contributed by atoms with van der Waals surface area (Å²) in [6.07, 6.45) is 2.43. The number of hydrogen-bond donors (Lipinski definition) is 1. The highest BCUT2D eigenvalue weighted by molar-refractivity contribution is 8.00. The molecule has 0 radical (unpaired) electrons. The molecule has 0 saturated carbocycles. The van der Waals surface area contributed by atoms with E-state index in [4.69, 9.17) is 9.47 Å². The first kappa shape index (κ1) is 22.5. The van der Waals surface area contributed by atoms with Gasteiger partial charge in [0.2, 0.25) is 0 Å². The number of esters is 1. The number of piperidine rings is 1. The molecule has 2 aromatic carbocycles. The van der Waals surface area contributed by atoms with Gasteiger partial charge in [-0.2, -0.15) is 0 Å². The number of aromatic nitrogens is 1. The van der Waals surface area contributed by atoms with Crippen LogP contribution in [0.2, 0.25) is 0 Å². The number of nitrogens with zero attached hydrogens (tertiary/aromatic N) is 2. The van der Waals surface area contributed by atoms with E-state index in [1.54, 1.807) is 17.2 Å². The number of amides is 1. The lowest BCUT2D eigenvalue weighted by molar-refractivity contribution is -0.00340. The molecule has 3 aromatic rings. The van der Waals surface area contributed by atoms with Crippen molar-refractivity contribution in [1.82, 2.24) is 9.88 Å². The van der Waals surface area contributed by atoms with Crippen molar-refractivity contribution >= 4 is 40.6 Å². The minimum absolute atomic E-state index is 0.223. The van der Waals surface area contributed by atoms with Crippen LogP contribution in [0.25, 0.3) is 22.0 Å². The van der Waals surface area contributed by atoms with Crippen molar-refractivity contribution in [2.24, 2.45) is 0 Å². The standard InChI is InChI=1S/C26H27N3O4S/c1-26(2,3)33-25(31)29-13-10-18(11-14-29)32-24(30)17-7-9-21-20(15-17)19-8-6-16-5-4-12-27-22(16)23(19)28-34-21/h4-9,12,15,18,28H,10-11,13-14H2,1-3H3. The fourth-order valence-electron chi connectivity index (χ4n) is 4.24. The average Bonchev–Trinajstić information content (AvgIpc) is 2.82. The Hall–Kier alpha value is -3.26. The second-order valence-electron chi connectivity index (χ2n) is 9.55. The summed E-state index contributed by atoms with van der Waals surface area (Å²) in [4.78, 5) is 32.5. The molecule has 7 nitrogen and oxygen atoms in total. The minimum Gasteiger partial charge on any atom is -0.459 e. The first-order chi connectivity index (χ1) is 16.3. The molecule has 176 valence electrons. The first-order valence-corrected chi connectivity index (χ1v) is 12.2. The smallest absolute Gasteiger partial charge is 0.410 e. The SMILES string of the molecule is CC(C)(C)OC(=O)N1CCC(OC(=O)c2ccc3c(c2)-c2ccc4cccnc4c2NS3)CC1. The van der Waals surface area contributed by atoms with E-state index in [2.05, 4.69) is 15.8 Å². The van der Waals surface area contributed by atoms with Crippen LogP contribution in [0, 0.1) is 0 Å². The van der Waals surface area contributed by atoms with Gasteiger partial charge in [-0.3, -0.25) is 4.98 Å². The van der Waals surface area contributed by atoms with Crippen LogP contribution < -0.4 is 4.72 Å². The van der Waals surface area contributed by atoms with Gasteiger partial charge in [-0.15, -0.1) is 0 Å². The zero-order valence-electron chi connectivity index (χ0n) is 19.5. The van der Waals surface area contributed by atoms with Gasteiger partial charge in [0, 0.05) is 53.5 Å². The number of carbonyl (C=O) groups is 2. The number of pyridine rings is 1. The van der Waals surface area contributed by atoms with Crippen LogP contribution in [0.5, 0.6) is 0 Å². The third-order valence-corrected chi connectivity index (χ3v) is 6.79. The molecular weight excluding hydrogens is 450 g/mol. The summed E-state index contributed by atoms with van der Waals surface area (Å²) in [6, 6.07) is 13.7. The van der Waals surface area contributed by atoms with E-state index in [0.29, 0.717) is 31.5 Å². The van der Waals surface area contributed by atoms with Gasteiger partial charge >= 0.3 is 12.1 Å². The van der Waals surface area contributed by atoms with E-state index in [1.165, 1.54) is 11.9 Å². The Labute approximate surface area is 203 Å². The fourth-order valence-corrected chi connectivity index (χ4v) is 5.07. The van der Waals surface area contributed by atoms with Crippen LogP contribution >= 0.6 is 11.9 Å². The Morgan fingerprint density at radius 3 is 2.65 bits per heavy atom. The number of anilines is 1. The Kier molecular flexibility index (Phi) is 5.85. The van der Waals surface area contributed by atoms with Crippen LogP contribution in [-0.2, 0) is 9.47 Å². The van der Waals surface area contributed by atoms with Gasteiger partial charge < -0.3 is 19.1 Å². The molecule has 3 heterocycles. The number of likely N-dealkylation sites (tertiary alicyclic amines) is 1. The second kappa shape index (κ2) is 8.83. The van der Waals surface area contributed by atoms with E-state index in [0.717, 1.165) is 32.6 Å². The lowest BCUT2D eigenvalue weighted by Crippen LogP contribution is -2.43. The van der Waals surface area contributed by atoms with Crippen molar-refractivity contribution in [3.8, 4) is 11.1 Å². The van der Waals surface area contributed by atoms with Crippen LogP contribution in [-0.4, -0.2) is 46.7 Å². The summed E-state index contributed by atoms with van der Waals surface area (Å²) < 4.78 is 14.6. The lowest BCUT2D eigenvalue weighted by Gasteiger charge is -2.33. The van der Waals surface area contributed by atoms with Gasteiger partial charge in [0.1, 0.15) is 11.7 Å². The molecule has 2 aliphatic heterocycles. The summed E-state index contributed by atoms with van der Waals surface area (Å²) in [6.45, 7) is 6.57. The Morgan fingerprint density at radius 2 is 1.88 bits per heavy atom. The maximum absolute atomic E-state index is 13.0. The average molecular weight is 478 g/mol. The number of hydrogen-bond acceptors (Lipinski definition) is 7. The monoisotopic (exact) mass is 477 g/mol. The number of nitrogens with one attached hydrogen (secondary N) is 1. The number of rotatable bonds is 2. The zero-order chi connectivity index (χ0) is 23.9. The maximum atomic E-state index is 13.0. The maximum Gasteiger partial charge on any atom is 0.410 e. The summed E-state index contributed by atoms with van der Waals surface area (Å²) in [5.74, 6) is -0.345. The van der Waals surface area contributed by atoms with Gasteiger partial charge in [-0.25, -0.2) is 9.59 Å². The van der Waals surface area contributed by atoms with Gasteiger partial charge in [0.15, 0.2) is 0 Å². The number of benzene rings is 2. The van der Waals surface area contributed by atoms with Crippen molar-refractivity contribution in [2.75, 3.05) is 17.8 Å². The molecule has 0 aliphatic carbocycles. The summed E-state index contributed by atoms with van der Waals surface area (Å²) in [7, 11) is 0. The van der Waals surface area contributed by atoms with E-state index in [-0.39, 0.29) is 18.2 Å². The van der Waals surface area contributed by atoms with E-state index < -0.39 is 5.60 Å². The summed E-state index contributed by atoms with van der Waals surface area (Å²) in [5, 5.41) is 1.06. The van der Waals surface area contributed by atoms with Gasteiger partial charge in [-0.05, 0) is 57.0 Å². The van der Waals surface area contributed by atoms with Gasteiger partial charge in [0.25, 0.3) is 0 Å². The van der Waals surface area contributed by atoms with Crippen LogP contribution in [0.15, 0.2) is 53.6 Å². The normalized spacial score (nSPS) is 15.8. The molecule has 1 fully saturated rings. The number of ether oxygens (including phenoxy) is 2. The molecule has 1 aromatic heterocycles. The van der Waals surface area contributed by atoms with Crippen molar-refractivity contribution in [3.05, 3.63) is 54.2 Å². The molecule has 8 heteroatoms. The van der Waals surface area contributed by atoms with E-state index >= 15 is 0 Å². The third kappa shape index (κ3) is 4.55. The van der Waals surface area contributed by atoms with Gasteiger partial charge in [0.05, 0.1) is 16.8 Å². The molecular formula is C26H27N3O4S. The van der Waals surface area contributed by atoms with Gasteiger partial charge in [-0.1, -0.05) is 18.2 Å². The predicted octanol–water partition coefficient (Wildman–Crippen LogP) is 5.89. The Bertz CT molecular complexity index is 1260. The topological polar surface area (TPSA) is 80.8 Å². The lowest BCUT2D eigenvalue weighted by atomic mass is 9.99. The van der Waals surface area contributed by atoms with Crippen molar-refractivity contribution in [2.45, 2.75) is 50.2 Å². The summed E-state index contributed by atoms with van der Waals surface area (Å²) in [5.41, 5.74) is 3.85. The molecule has 2 aliphatic rings. The Morgan fingerprint density at radius 1 is 1.09 bits per heavy atom. The third-order valence-electron chi connectivity index (χ3n) is 5.91. The highest BCUT2D eigenvalue weighted by atomic mass is 32.2. The molecule has 0 atom stereocenters. The fraction of sp³-hybridized carbons (Fsp3) is 0.346. The number of carbonyl (C=O) groups excluding carboxylic acids is 2. The molecule has 5 rings (SSSR count). The van der Waals surface area contributed by atoms with Crippen molar-refractivity contribution in [3.63, 3.8) is 0 Å². The second-order valence-corrected chi connectivity index (χ2v) is 10.4. The van der Waals surface area contributed by atoms with E-state index in [1.807, 2.05) is 51.1 Å². The van der Waals surface area contributed by atoms with Crippen molar-refractivity contribution < 1.29 is 19.1 Å². The highest BCUT2D eigenvalue weighted by Gasteiger charge is 2.29. The van der Waals surface area contributed by atoms with Crippen LogP contribution in [0.3, 0.4) is 0 Å². The Balaban J connectivity index is 1.29. The molecule has 0 unspecified atom stereocenters. The molecule has 1 N–H and O–H groups in total. The molecule has 0 bridgehead atoms. The van der Waals surface area contributed by atoms with E-state index in [9.17, 15) is 9.59 Å². The quantitative estimate of drug-likeness (QED) is 0.364. The molecule has 1 saturated heterocycles. The van der Waals surface area contributed by atoms with Crippen LogP contribution in [0.1, 0.15) is 44.0 Å². The van der Waals surface area contributed by atoms with Crippen molar-refractivity contribution in [1.29, 1.82) is 0 Å². The molecule has 34 heavy (non-hydrogen) atoms. The first-order valence-electron chi connectivity index (χ1n) is 11.4. The molecule has 1 amide bonds. The number of fused-ring (bicyclic) bond motifs is 5. The predicted molar refractivity (Wildman–Crippen MR) is 133 cm³/mol. The summed E-state index contributed by atoms with van der Waals surface area (Å²) >= 11 is 1.52. The minimum atomic E-state index is -0.526. The highest BCUT2D eigenvalue weighted by Crippen LogP contribution is 2.45. The zero-order valence-corrected chi connectivity index (χ0v) is 20.3.